The molecule has 2 amide bonds. The third-order valence-electron chi connectivity index (χ3n) is 3.83. The second-order valence-electron chi connectivity index (χ2n) is 5.61. The summed E-state index contributed by atoms with van der Waals surface area (Å²) in [6, 6.07) is 1.00. The number of amides is 2. The molecule has 2 rings (SSSR count). The summed E-state index contributed by atoms with van der Waals surface area (Å²) >= 11 is 0. The molecular weight excluding hydrogens is 228 g/mol. The van der Waals surface area contributed by atoms with Crippen molar-refractivity contribution < 1.29 is 4.79 Å². The summed E-state index contributed by atoms with van der Waals surface area (Å²) in [6.45, 7) is 10.3. The summed E-state index contributed by atoms with van der Waals surface area (Å²) < 4.78 is 0. The SMILES string of the molecule is CC(C)NC(=O)N1CCC(N2CCNCC2)CC1. The number of piperidine rings is 1. The van der Waals surface area contributed by atoms with Gasteiger partial charge in [-0.3, -0.25) is 4.90 Å². The van der Waals surface area contributed by atoms with Gasteiger partial charge >= 0.3 is 6.03 Å². The van der Waals surface area contributed by atoms with Crippen molar-refractivity contribution in [3.05, 3.63) is 0 Å². The normalized spacial score (nSPS) is 23.4. The van der Waals surface area contributed by atoms with Crippen molar-refractivity contribution in [1.82, 2.24) is 20.4 Å². The summed E-state index contributed by atoms with van der Waals surface area (Å²) in [4.78, 5) is 16.4. The Bertz CT molecular complexity index is 268. The molecule has 0 spiro atoms. The Morgan fingerprint density at radius 2 is 1.78 bits per heavy atom. The third-order valence-corrected chi connectivity index (χ3v) is 3.83. The first-order chi connectivity index (χ1) is 8.66. The van der Waals surface area contributed by atoms with E-state index in [2.05, 4.69) is 15.5 Å². The van der Waals surface area contributed by atoms with Gasteiger partial charge in [-0.2, -0.15) is 0 Å². The zero-order valence-corrected chi connectivity index (χ0v) is 11.6. The van der Waals surface area contributed by atoms with Crippen LogP contribution in [-0.2, 0) is 0 Å². The van der Waals surface area contributed by atoms with Crippen molar-refractivity contribution >= 4 is 6.03 Å². The van der Waals surface area contributed by atoms with Crippen LogP contribution in [-0.4, -0.2) is 67.2 Å². The van der Waals surface area contributed by atoms with Gasteiger partial charge in [0.25, 0.3) is 0 Å². The molecule has 5 nitrogen and oxygen atoms in total. The number of hydrogen-bond acceptors (Lipinski definition) is 3. The molecule has 0 unspecified atom stereocenters. The van der Waals surface area contributed by atoms with Gasteiger partial charge in [-0.05, 0) is 26.7 Å². The van der Waals surface area contributed by atoms with Gasteiger partial charge in [0.05, 0.1) is 0 Å². The minimum Gasteiger partial charge on any atom is -0.336 e. The average molecular weight is 254 g/mol. The van der Waals surface area contributed by atoms with Crippen LogP contribution in [0.3, 0.4) is 0 Å². The van der Waals surface area contributed by atoms with Crippen molar-refractivity contribution in [2.45, 2.75) is 38.8 Å². The molecule has 0 aromatic carbocycles. The Morgan fingerprint density at radius 1 is 1.17 bits per heavy atom. The van der Waals surface area contributed by atoms with Crippen LogP contribution in [0.1, 0.15) is 26.7 Å². The molecule has 2 fully saturated rings. The maximum absolute atomic E-state index is 11.9. The van der Waals surface area contributed by atoms with E-state index in [0.29, 0.717) is 6.04 Å². The van der Waals surface area contributed by atoms with Gasteiger partial charge in [0.1, 0.15) is 0 Å². The highest BCUT2D eigenvalue weighted by atomic mass is 16.2. The molecule has 0 aromatic heterocycles. The van der Waals surface area contributed by atoms with E-state index in [-0.39, 0.29) is 12.1 Å². The Balaban J connectivity index is 1.75. The highest BCUT2D eigenvalue weighted by molar-refractivity contribution is 5.74. The molecule has 0 aromatic rings. The molecule has 5 heteroatoms. The highest BCUT2D eigenvalue weighted by Crippen LogP contribution is 2.17. The van der Waals surface area contributed by atoms with Crippen LogP contribution in [0, 0.1) is 0 Å². The van der Waals surface area contributed by atoms with Crippen molar-refractivity contribution in [2.24, 2.45) is 0 Å². The number of nitrogens with zero attached hydrogens (tertiary/aromatic N) is 2. The van der Waals surface area contributed by atoms with Crippen molar-refractivity contribution in [2.75, 3.05) is 39.3 Å². The molecule has 0 radical (unpaired) electrons. The lowest BCUT2D eigenvalue weighted by Gasteiger charge is -2.40. The molecule has 2 heterocycles. The molecular formula is C13H26N4O. The van der Waals surface area contributed by atoms with Crippen LogP contribution in [0.25, 0.3) is 0 Å². The maximum Gasteiger partial charge on any atom is 0.317 e. The summed E-state index contributed by atoms with van der Waals surface area (Å²) in [5.41, 5.74) is 0. The second-order valence-corrected chi connectivity index (χ2v) is 5.61. The van der Waals surface area contributed by atoms with Crippen molar-refractivity contribution in [3.63, 3.8) is 0 Å². The lowest BCUT2D eigenvalue weighted by molar-refractivity contribution is 0.106. The number of rotatable bonds is 2. The Hall–Kier alpha value is -0.810. The average Bonchev–Trinajstić information content (AvgIpc) is 2.39. The quantitative estimate of drug-likeness (QED) is 0.753. The molecule has 0 saturated carbocycles. The smallest absolute Gasteiger partial charge is 0.317 e. The standard InChI is InChI=1S/C13H26N4O/c1-11(2)15-13(18)17-7-3-12(4-8-17)16-9-5-14-6-10-16/h11-12,14H,3-10H2,1-2H3,(H,15,18). The van der Waals surface area contributed by atoms with Gasteiger partial charge in [-0.25, -0.2) is 4.79 Å². The van der Waals surface area contributed by atoms with Crippen LogP contribution in [0.15, 0.2) is 0 Å². The third kappa shape index (κ3) is 3.59. The van der Waals surface area contributed by atoms with E-state index in [1.807, 2.05) is 18.7 Å². The fraction of sp³-hybridized carbons (Fsp3) is 0.923. The van der Waals surface area contributed by atoms with Crippen molar-refractivity contribution in [1.29, 1.82) is 0 Å². The molecule has 104 valence electrons. The van der Waals surface area contributed by atoms with Gasteiger partial charge in [-0.15, -0.1) is 0 Å². The summed E-state index contributed by atoms with van der Waals surface area (Å²) in [5.74, 6) is 0. The molecule has 2 N–H and O–H groups in total. The number of nitrogens with one attached hydrogen (secondary N) is 2. The van der Waals surface area contributed by atoms with Gasteiger partial charge in [0.2, 0.25) is 0 Å². The summed E-state index contributed by atoms with van der Waals surface area (Å²) in [7, 11) is 0. The maximum atomic E-state index is 11.9. The van der Waals surface area contributed by atoms with E-state index in [0.717, 1.165) is 52.1 Å². The van der Waals surface area contributed by atoms with Crippen LogP contribution >= 0.6 is 0 Å². The first-order valence-electron chi connectivity index (χ1n) is 7.17. The van der Waals surface area contributed by atoms with E-state index < -0.39 is 0 Å². The minimum absolute atomic E-state index is 0.101. The van der Waals surface area contributed by atoms with E-state index in [4.69, 9.17) is 0 Å². The fourth-order valence-electron chi connectivity index (χ4n) is 2.82. The van der Waals surface area contributed by atoms with E-state index in [9.17, 15) is 4.79 Å². The first-order valence-corrected chi connectivity index (χ1v) is 7.17. The first kappa shape index (κ1) is 13.6. The number of urea groups is 1. The minimum atomic E-state index is 0.101. The molecule has 2 aliphatic heterocycles. The molecule has 0 bridgehead atoms. The number of carbonyl (C=O) groups is 1. The van der Waals surface area contributed by atoms with Crippen LogP contribution in [0.5, 0.6) is 0 Å². The molecule has 0 aliphatic carbocycles. The zero-order valence-electron chi connectivity index (χ0n) is 11.6. The number of piperazine rings is 1. The van der Waals surface area contributed by atoms with Crippen LogP contribution in [0.4, 0.5) is 4.79 Å². The largest absolute Gasteiger partial charge is 0.336 e. The molecule has 18 heavy (non-hydrogen) atoms. The predicted molar refractivity (Wildman–Crippen MR) is 72.7 cm³/mol. The molecule has 2 saturated heterocycles. The van der Waals surface area contributed by atoms with E-state index in [1.165, 1.54) is 0 Å². The van der Waals surface area contributed by atoms with Crippen LogP contribution in [0.2, 0.25) is 0 Å². The van der Waals surface area contributed by atoms with E-state index in [1.54, 1.807) is 0 Å². The molecule has 2 aliphatic rings. The Kier molecular flexibility index (Phi) is 4.83. The fourth-order valence-corrected chi connectivity index (χ4v) is 2.82. The highest BCUT2D eigenvalue weighted by Gasteiger charge is 2.27. The number of carbonyl (C=O) groups excluding carboxylic acids is 1. The number of hydrogen-bond donors (Lipinski definition) is 2. The van der Waals surface area contributed by atoms with Gasteiger partial charge in [0.15, 0.2) is 0 Å². The van der Waals surface area contributed by atoms with E-state index >= 15 is 0 Å². The predicted octanol–water partition coefficient (Wildman–Crippen LogP) is 0.474. The lowest BCUT2D eigenvalue weighted by atomic mass is 10.0. The Morgan fingerprint density at radius 3 is 2.33 bits per heavy atom. The van der Waals surface area contributed by atoms with Crippen molar-refractivity contribution in [3.8, 4) is 0 Å². The van der Waals surface area contributed by atoms with Gasteiger partial charge in [0, 0.05) is 51.4 Å². The molecule has 0 atom stereocenters. The summed E-state index contributed by atoms with van der Waals surface area (Å²) in [5, 5.41) is 6.36. The number of likely N-dealkylation sites (tertiary alicyclic amines) is 1. The topological polar surface area (TPSA) is 47.6 Å². The van der Waals surface area contributed by atoms with Gasteiger partial charge in [-0.1, -0.05) is 0 Å². The lowest BCUT2D eigenvalue weighted by Crippen LogP contribution is -2.54. The van der Waals surface area contributed by atoms with Gasteiger partial charge < -0.3 is 15.5 Å². The van der Waals surface area contributed by atoms with Crippen LogP contribution < -0.4 is 10.6 Å². The second kappa shape index (κ2) is 6.38. The monoisotopic (exact) mass is 254 g/mol. The zero-order chi connectivity index (χ0) is 13.0. The summed E-state index contributed by atoms with van der Waals surface area (Å²) in [6.07, 6.45) is 2.23. The Labute approximate surface area is 110 Å².